The van der Waals surface area contributed by atoms with Crippen molar-refractivity contribution in [3.05, 3.63) is 30.3 Å². The molecule has 0 bridgehead atoms. The van der Waals surface area contributed by atoms with E-state index in [2.05, 4.69) is 47.4 Å². The molecule has 0 unspecified atom stereocenters. The van der Waals surface area contributed by atoms with Crippen molar-refractivity contribution in [2.75, 3.05) is 20.1 Å². The highest BCUT2D eigenvalue weighted by Gasteiger charge is 2.26. The Bertz CT molecular complexity index is 250. The largest absolute Gasteiger partial charge is 0.343 e. The molecule has 1 aliphatic heterocycles. The van der Waals surface area contributed by atoms with Crippen LogP contribution in [0.5, 0.6) is 0 Å². The average molecular weight is 160 g/mol. The maximum atomic E-state index is 3.45. The van der Waals surface area contributed by atoms with Crippen molar-refractivity contribution in [1.29, 1.82) is 0 Å². The number of benzene rings is 1. The van der Waals surface area contributed by atoms with Crippen molar-refractivity contribution in [2.45, 2.75) is 0 Å². The Kier molecular flexibility index (Phi) is 2.15. The molecule has 0 aliphatic carbocycles. The molecular weight excluding hydrogens is 147 g/mol. The second kappa shape index (κ2) is 3.29. The Morgan fingerprint density at radius 1 is 1.33 bits per heavy atom. The molecule has 0 atom stereocenters. The first kappa shape index (κ1) is 7.83. The van der Waals surface area contributed by atoms with E-state index in [0.717, 1.165) is 13.1 Å². The van der Waals surface area contributed by atoms with Gasteiger partial charge in [0.15, 0.2) is 0 Å². The lowest BCUT2D eigenvalue weighted by atomic mass is 9.68. The van der Waals surface area contributed by atoms with Crippen LogP contribution in [0.2, 0.25) is 0 Å². The lowest BCUT2D eigenvalue weighted by Crippen LogP contribution is -2.49. The number of nitrogens with one attached hydrogen (secondary N) is 1. The van der Waals surface area contributed by atoms with Crippen LogP contribution < -0.4 is 10.7 Å². The molecule has 1 aliphatic rings. The minimum absolute atomic E-state index is 0.422. The predicted octanol–water partition coefficient (Wildman–Crippen LogP) is -0.0832. The van der Waals surface area contributed by atoms with Gasteiger partial charge in [-0.25, -0.2) is 0 Å². The lowest BCUT2D eigenvalue weighted by molar-refractivity contribution is 0.583. The first-order chi connectivity index (χ1) is 5.88. The number of hydrogen-bond acceptors (Lipinski definition) is 2. The van der Waals surface area contributed by atoms with Gasteiger partial charge in [0.1, 0.15) is 0 Å². The smallest absolute Gasteiger partial charge is 0.337 e. The fraction of sp³-hybridized carbons (Fsp3) is 0.333. The minimum atomic E-state index is 0.422. The van der Waals surface area contributed by atoms with Crippen LogP contribution in [-0.4, -0.2) is 31.9 Å². The Hall–Kier alpha value is -0.795. The maximum Gasteiger partial charge on any atom is 0.343 e. The summed E-state index contributed by atoms with van der Waals surface area (Å²) in [7, 11) is 2.15. The highest BCUT2D eigenvalue weighted by Crippen LogP contribution is 1.96. The molecule has 0 saturated carbocycles. The SMILES string of the molecule is CN1CCNB1c1ccccc1. The summed E-state index contributed by atoms with van der Waals surface area (Å²) in [5.41, 5.74) is 1.36. The third-order valence-corrected chi connectivity index (χ3v) is 2.36. The average Bonchev–Trinajstić information content (AvgIpc) is 2.53. The quantitative estimate of drug-likeness (QED) is 0.578. The first-order valence-corrected chi connectivity index (χ1v) is 4.36. The molecule has 2 rings (SSSR count). The molecule has 1 saturated heterocycles. The van der Waals surface area contributed by atoms with E-state index in [9.17, 15) is 0 Å². The van der Waals surface area contributed by atoms with E-state index < -0.39 is 0 Å². The summed E-state index contributed by atoms with van der Waals surface area (Å²) in [6.07, 6.45) is 0. The van der Waals surface area contributed by atoms with E-state index in [0.29, 0.717) is 6.98 Å². The molecule has 3 heteroatoms. The number of nitrogens with zero attached hydrogens (tertiary/aromatic N) is 1. The third kappa shape index (κ3) is 1.38. The van der Waals surface area contributed by atoms with Crippen molar-refractivity contribution >= 4 is 12.4 Å². The molecule has 2 nitrogen and oxygen atoms in total. The van der Waals surface area contributed by atoms with Gasteiger partial charge in [-0.05, 0) is 19.1 Å². The molecule has 1 aromatic rings. The van der Waals surface area contributed by atoms with Crippen molar-refractivity contribution in [1.82, 2.24) is 10.0 Å². The molecule has 0 spiro atoms. The summed E-state index contributed by atoms with van der Waals surface area (Å²) in [4.78, 5) is 2.33. The van der Waals surface area contributed by atoms with Crippen molar-refractivity contribution in [3.8, 4) is 0 Å². The monoisotopic (exact) mass is 160 g/mol. The molecule has 0 radical (unpaired) electrons. The highest BCUT2D eigenvalue weighted by molar-refractivity contribution is 6.68. The van der Waals surface area contributed by atoms with E-state index in [1.165, 1.54) is 5.46 Å². The van der Waals surface area contributed by atoms with E-state index in [1.807, 2.05) is 0 Å². The van der Waals surface area contributed by atoms with Crippen LogP contribution in [0.1, 0.15) is 0 Å². The number of rotatable bonds is 1. The number of likely N-dealkylation sites (N-methyl/N-ethyl adjacent to an activating group) is 1. The molecule has 0 amide bonds. The van der Waals surface area contributed by atoms with Gasteiger partial charge >= 0.3 is 6.98 Å². The number of hydrogen-bond donors (Lipinski definition) is 1. The molecule has 1 fully saturated rings. The fourth-order valence-corrected chi connectivity index (χ4v) is 1.67. The summed E-state index contributed by atoms with van der Waals surface area (Å²) >= 11 is 0. The molecule has 12 heavy (non-hydrogen) atoms. The van der Waals surface area contributed by atoms with Crippen LogP contribution in [-0.2, 0) is 0 Å². The Labute approximate surface area is 73.7 Å². The minimum Gasteiger partial charge on any atom is -0.337 e. The standard InChI is InChI=1S/C9H13BN2/c1-12-8-7-11-10(12)9-5-3-2-4-6-9/h2-6,11H,7-8H2,1H3. The van der Waals surface area contributed by atoms with Crippen molar-refractivity contribution in [2.24, 2.45) is 0 Å². The van der Waals surface area contributed by atoms with Crippen LogP contribution in [0.15, 0.2) is 30.3 Å². The van der Waals surface area contributed by atoms with Gasteiger partial charge < -0.3 is 10.0 Å². The van der Waals surface area contributed by atoms with Gasteiger partial charge in [-0.1, -0.05) is 30.3 Å². The second-order valence-corrected chi connectivity index (χ2v) is 3.25. The van der Waals surface area contributed by atoms with Crippen LogP contribution in [0, 0.1) is 0 Å². The van der Waals surface area contributed by atoms with Crippen LogP contribution in [0.4, 0.5) is 0 Å². The Balaban J connectivity index is 2.19. The Morgan fingerprint density at radius 2 is 2.08 bits per heavy atom. The molecule has 1 heterocycles. The van der Waals surface area contributed by atoms with Gasteiger partial charge in [0.25, 0.3) is 0 Å². The van der Waals surface area contributed by atoms with Crippen LogP contribution in [0.25, 0.3) is 0 Å². The van der Waals surface area contributed by atoms with Gasteiger partial charge in [-0.3, -0.25) is 0 Å². The highest BCUT2D eigenvalue weighted by atomic mass is 15.2. The summed E-state index contributed by atoms with van der Waals surface area (Å²) in [6.45, 7) is 2.65. The summed E-state index contributed by atoms with van der Waals surface area (Å²) in [6, 6.07) is 10.6. The first-order valence-electron chi connectivity index (χ1n) is 4.36. The van der Waals surface area contributed by atoms with E-state index >= 15 is 0 Å². The lowest BCUT2D eigenvalue weighted by Gasteiger charge is -2.14. The van der Waals surface area contributed by atoms with Gasteiger partial charge in [0.2, 0.25) is 0 Å². The molecule has 1 aromatic carbocycles. The van der Waals surface area contributed by atoms with E-state index in [4.69, 9.17) is 0 Å². The van der Waals surface area contributed by atoms with Crippen LogP contribution >= 0.6 is 0 Å². The molecular formula is C9H13BN2. The zero-order valence-electron chi connectivity index (χ0n) is 7.33. The predicted molar refractivity (Wildman–Crippen MR) is 52.5 cm³/mol. The normalized spacial score (nSPS) is 18.6. The van der Waals surface area contributed by atoms with Gasteiger partial charge in [0, 0.05) is 6.54 Å². The van der Waals surface area contributed by atoms with E-state index in [1.54, 1.807) is 0 Å². The molecule has 0 aromatic heterocycles. The Morgan fingerprint density at radius 3 is 2.67 bits per heavy atom. The molecule has 62 valence electrons. The van der Waals surface area contributed by atoms with Gasteiger partial charge in [-0.2, -0.15) is 0 Å². The summed E-state index contributed by atoms with van der Waals surface area (Å²) in [5.74, 6) is 0. The topological polar surface area (TPSA) is 15.3 Å². The maximum absolute atomic E-state index is 3.45. The zero-order chi connectivity index (χ0) is 8.39. The van der Waals surface area contributed by atoms with Gasteiger partial charge in [0.05, 0.1) is 0 Å². The zero-order valence-corrected chi connectivity index (χ0v) is 7.33. The molecule has 1 N–H and O–H groups in total. The van der Waals surface area contributed by atoms with Crippen molar-refractivity contribution in [3.63, 3.8) is 0 Å². The van der Waals surface area contributed by atoms with Crippen LogP contribution in [0.3, 0.4) is 0 Å². The van der Waals surface area contributed by atoms with E-state index in [-0.39, 0.29) is 0 Å². The third-order valence-electron chi connectivity index (χ3n) is 2.36. The second-order valence-electron chi connectivity index (χ2n) is 3.25. The van der Waals surface area contributed by atoms with Crippen molar-refractivity contribution < 1.29 is 0 Å². The summed E-state index contributed by atoms with van der Waals surface area (Å²) < 4.78 is 0. The van der Waals surface area contributed by atoms with Gasteiger partial charge in [-0.15, -0.1) is 0 Å². The summed E-state index contributed by atoms with van der Waals surface area (Å²) in [5, 5.41) is 3.45. The fourth-order valence-electron chi connectivity index (χ4n) is 1.67.